The Hall–Kier alpha value is -1.48. The zero-order valence-corrected chi connectivity index (χ0v) is 46.7. The Kier molecular flexibility index (Phi) is 30.1. The minimum Gasteiger partial charge on any atom is -0.461 e. The Morgan fingerprint density at radius 3 is 1.02 bits per heavy atom. The first kappa shape index (κ1) is 57.1. The third-order valence-electron chi connectivity index (χ3n) is 13.7. The molecule has 0 N–H and O–H groups in total. The molecule has 0 spiro atoms. The minimum absolute atomic E-state index is 0.329. The average molecular weight is 1070 g/mol. The van der Waals surface area contributed by atoms with Gasteiger partial charge in [-0.15, -0.1) is 0 Å². The average Bonchev–Trinajstić information content (AvgIpc) is 3.89. The van der Waals surface area contributed by atoms with Crippen LogP contribution < -0.4 is 0 Å². The molecule has 2 aromatic carbocycles. The smallest absolute Gasteiger partial charge is 0.346 e. The summed E-state index contributed by atoms with van der Waals surface area (Å²) in [6.07, 6.45) is 40.1. The molecule has 0 amide bonds. The summed E-state index contributed by atoms with van der Waals surface area (Å²) in [5, 5.41) is 0. The topological polar surface area (TPSA) is 52.6 Å². The van der Waals surface area contributed by atoms with Crippen molar-refractivity contribution < 1.29 is 19.1 Å². The summed E-state index contributed by atoms with van der Waals surface area (Å²) in [6, 6.07) is 12.8. The van der Waals surface area contributed by atoms with Gasteiger partial charge in [0, 0.05) is 14.5 Å². The van der Waals surface area contributed by atoms with Crippen molar-refractivity contribution >= 4 is 72.9 Å². The van der Waals surface area contributed by atoms with Gasteiger partial charge in [-0.25, -0.2) is 9.59 Å². The molecule has 2 aromatic rings. The molecular formula is C58H88Br2O4S2. The molecule has 2 atom stereocenters. The van der Waals surface area contributed by atoms with Gasteiger partial charge in [-0.1, -0.05) is 275 Å². The minimum atomic E-state index is -0.386. The fraction of sp³-hybridized carbons (Fsp3) is 0.690. The van der Waals surface area contributed by atoms with Gasteiger partial charge in [-0.2, -0.15) is 0 Å². The molecule has 1 heterocycles. The van der Waals surface area contributed by atoms with Crippen LogP contribution in [0.1, 0.15) is 244 Å². The maximum absolute atomic E-state index is 14.5. The van der Waals surface area contributed by atoms with Crippen molar-refractivity contribution in [3.05, 3.63) is 70.5 Å². The predicted octanol–water partition coefficient (Wildman–Crippen LogP) is 20.5. The van der Waals surface area contributed by atoms with E-state index in [0.29, 0.717) is 34.9 Å². The fourth-order valence-electron chi connectivity index (χ4n) is 9.65. The number of hydrogen-bond acceptors (Lipinski definition) is 6. The van der Waals surface area contributed by atoms with E-state index in [0.717, 1.165) is 66.7 Å². The van der Waals surface area contributed by atoms with Crippen LogP contribution in [0.15, 0.2) is 59.4 Å². The lowest BCUT2D eigenvalue weighted by Crippen LogP contribution is -2.18. The highest BCUT2D eigenvalue weighted by molar-refractivity contribution is 9.10. The highest BCUT2D eigenvalue weighted by Gasteiger charge is 2.38. The Labute approximate surface area is 428 Å². The summed E-state index contributed by atoms with van der Waals surface area (Å²) in [7, 11) is 0. The highest BCUT2D eigenvalue weighted by Crippen LogP contribution is 2.58. The van der Waals surface area contributed by atoms with Gasteiger partial charge in [0.2, 0.25) is 0 Å². The lowest BCUT2D eigenvalue weighted by atomic mass is 9.94. The van der Waals surface area contributed by atoms with Gasteiger partial charge in [0.05, 0.1) is 17.5 Å². The second-order valence-corrected chi connectivity index (χ2v) is 23.6. The monoisotopic (exact) mass is 1070 g/mol. The van der Waals surface area contributed by atoms with Crippen LogP contribution >= 0.6 is 55.4 Å². The van der Waals surface area contributed by atoms with Crippen LogP contribution in [0.5, 0.6) is 0 Å². The van der Waals surface area contributed by atoms with E-state index in [9.17, 15) is 9.59 Å². The Morgan fingerprint density at radius 1 is 0.424 bits per heavy atom. The highest BCUT2D eigenvalue weighted by atomic mass is 79.9. The Morgan fingerprint density at radius 2 is 0.712 bits per heavy atom. The molecule has 1 aliphatic carbocycles. The second-order valence-electron chi connectivity index (χ2n) is 19.5. The van der Waals surface area contributed by atoms with E-state index in [1.165, 1.54) is 203 Å². The summed E-state index contributed by atoms with van der Waals surface area (Å²) >= 11 is 10.3. The van der Waals surface area contributed by atoms with Crippen molar-refractivity contribution in [3.8, 4) is 11.1 Å². The van der Waals surface area contributed by atoms with E-state index in [2.05, 4.69) is 96.0 Å². The van der Waals surface area contributed by atoms with E-state index >= 15 is 0 Å². The number of hydrogen-bond donors (Lipinski definition) is 0. The number of rotatable bonds is 38. The van der Waals surface area contributed by atoms with Gasteiger partial charge in [-0.05, 0) is 84.0 Å². The predicted molar refractivity (Wildman–Crippen MR) is 295 cm³/mol. The molecule has 8 heteroatoms. The molecule has 0 saturated heterocycles. The number of carbonyl (C=O) groups excluding carboxylic acids is 2. The second kappa shape index (κ2) is 34.8. The van der Waals surface area contributed by atoms with Crippen LogP contribution in [0.4, 0.5) is 0 Å². The molecule has 0 bridgehead atoms. The SMILES string of the molecule is CCCCCCCCCCC(CCCCCCCC)COC(=O)C1=C(C(=O)OCC(CCCCCCCC)CCCCCCCCCC)SC(=C2c3cc(Br)ccc3-c3ccc(Br)cc32)S1. The number of thioether (sulfide) groups is 2. The van der Waals surface area contributed by atoms with Crippen molar-refractivity contribution in [1.82, 2.24) is 0 Å². The zero-order chi connectivity index (χ0) is 47.2. The van der Waals surface area contributed by atoms with Gasteiger partial charge in [0.15, 0.2) is 0 Å². The number of benzene rings is 2. The van der Waals surface area contributed by atoms with Gasteiger partial charge in [-0.3, -0.25) is 0 Å². The van der Waals surface area contributed by atoms with Crippen molar-refractivity contribution in [2.75, 3.05) is 13.2 Å². The number of ether oxygens (including phenoxy) is 2. The normalized spacial score (nSPS) is 14.2. The summed E-state index contributed by atoms with van der Waals surface area (Å²) in [5.74, 6) is -0.113. The molecular weight excluding hydrogens is 985 g/mol. The molecule has 4 nitrogen and oxygen atoms in total. The van der Waals surface area contributed by atoms with Gasteiger partial charge < -0.3 is 9.47 Å². The first-order chi connectivity index (χ1) is 32.3. The number of esters is 2. The molecule has 0 fully saturated rings. The molecule has 66 heavy (non-hydrogen) atoms. The van der Waals surface area contributed by atoms with Gasteiger partial charge >= 0.3 is 11.9 Å². The third kappa shape index (κ3) is 20.9. The van der Waals surface area contributed by atoms with Crippen LogP contribution in [0, 0.1) is 11.8 Å². The van der Waals surface area contributed by atoms with Gasteiger partial charge in [0.25, 0.3) is 0 Å². The molecule has 4 rings (SSSR count). The third-order valence-corrected chi connectivity index (χ3v) is 17.3. The molecule has 1 aliphatic heterocycles. The number of carbonyl (C=O) groups is 2. The molecule has 0 radical (unpaired) electrons. The largest absolute Gasteiger partial charge is 0.461 e. The quantitative estimate of drug-likeness (QED) is 0.0421. The molecule has 370 valence electrons. The van der Waals surface area contributed by atoms with Crippen molar-refractivity contribution in [2.24, 2.45) is 11.8 Å². The van der Waals surface area contributed by atoms with E-state index in [1.54, 1.807) is 0 Å². The maximum Gasteiger partial charge on any atom is 0.346 e. The van der Waals surface area contributed by atoms with Crippen molar-refractivity contribution in [2.45, 2.75) is 233 Å². The maximum atomic E-state index is 14.5. The summed E-state index contributed by atoms with van der Waals surface area (Å²) in [6.45, 7) is 9.89. The lowest BCUT2D eigenvalue weighted by molar-refractivity contribution is -0.142. The zero-order valence-electron chi connectivity index (χ0n) is 41.9. The molecule has 0 saturated carbocycles. The number of halogens is 2. The first-order valence-corrected chi connectivity index (χ1v) is 30.3. The van der Waals surface area contributed by atoms with Crippen molar-refractivity contribution in [1.29, 1.82) is 0 Å². The van der Waals surface area contributed by atoms with Crippen LogP contribution in [0.2, 0.25) is 0 Å². The Balaban J connectivity index is 1.53. The van der Waals surface area contributed by atoms with Crippen molar-refractivity contribution in [3.63, 3.8) is 0 Å². The summed E-state index contributed by atoms with van der Waals surface area (Å²) in [5.41, 5.74) is 5.56. The van der Waals surface area contributed by atoms with Crippen LogP contribution in [0.25, 0.3) is 16.7 Å². The fourth-order valence-corrected chi connectivity index (χ4v) is 12.9. The first-order valence-electron chi connectivity index (χ1n) is 27.1. The lowest BCUT2D eigenvalue weighted by Gasteiger charge is -2.18. The molecule has 0 aromatic heterocycles. The van der Waals surface area contributed by atoms with Crippen LogP contribution in [-0.2, 0) is 19.1 Å². The Bertz CT molecular complexity index is 1650. The van der Waals surface area contributed by atoms with E-state index in [-0.39, 0.29) is 11.9 Å². The van der Waals surface area contributed by atoms with Crippen LogP contribution in [0.3, 0.4) is 0 Å². The number of unbranched alkanes of at least 4 members (excludes halogenated alkanes) is 24. The molecule has 2 aliphatic rings. The summed E-state index contributed by atoms with van der Waals surface area (Å²) < 4.78 is 15.6. The standard InChI is InChI=1S/C58H88Br2O4S2/c1-5-9-13-17-21-23-27-31-35-45(33-29-25-19-15-11-7-3)43-63-56(61)54-55(66-58(65-54)53-51-41-47(59)37-39-49(51)50-40-38-48(60)42-52(50)53)57(62)64-44-46(34-30-26-20-16-12-8-4)36-32-28-24-22-18-14-10-6-2/h37-42,45-46H,5-36,43-44H2,1-4H3. The summed E-state index contributed by atoms with van der Waals surface area (Å²) in [4.78, 5) is 29.7. The van der Waals surface area contributed by atoms with Crippen LogP contribution in [-0.4, -0.2) is 25.2 Å². The van der Waals surface area contributed by atoms with E-state index in [1.807, 2.05) is 0 Å². The number of fused-ring (bicyclic) bond motifs is 3. The van der Waals surface area contributed by atoms with E-state index < -0.39 is 0 Å². The van der Waals surface area contributed by atoms with E-state index in [4.69, 9.17) is 9.47 Å². The molecule has 2 unspecified atom stereocenters. The van der Waals surface area contributed by atoms with Gasteiger partial charge in [0.1, 0.15) is 9.81 Å².